The van der Waals surface area contributed by atoms with E-state index in [0.29, 0.717) is 6.42 Å². The summed E-state index contributed by atoms with van der Waals surface area (Å²) < 4.78 is 0. The molecule has 2 aliphatic rings. The Balaban J connectivity index is 2.59. The Labute approximate surface area is 288 Å². The van der Waals surface area contributed by atoms with Gasteiger partial charge in [0.25, 0.3) is 0 Å². The quantitative estimate of drug-likeness (QED) is 0.100. The maximum atomic E-state index is 13.8. The Hall–Kier alpha value is -4.01. The van der Waals surface area contributed by atoms with Gasteiger partial charge >= 0.3 is 0 Å². The van der Waals surface area contributed by atoms with Crippen LogP contribution >= 0.6 is 12.6 Å². The Morgan fingerprint density at radius 2 is 1.27 bits per heavy atom. The van der Waals surface area contributed by atoms with Crippen LogP contribution in [0.15, 0.2) is 0 Å². The third-order valence-corrected chi connectivity index (χ3v) is 8.35. The zero-order valence-electron chi connectivity index (χ0n) is 27.6. The number of hydrogen-bond acceptors (Lipinski definition) is 12. The summed E-state index contributed by atoms with van der Waals surface area (Å²) >= 11 is 4.06. The number of amides is 8. The Morgan fingerprint density at radius 3 is 1.78 bits per heavy atom. The van der Waals surface area contributed by atoms with Crippen LogP contribution in [0, 0.1) is 5.92 Å². The number of nitrogens with two attached hydrogens (primary N) is 1. The van der Waals surface area contributed by atoms with Gasteiger partial charge in [-0.05, 0) is 38.5 Å². The van der Waals surface area contributed by atoms with Crippen molar-refractivity contribution in [3.8, 4) is 0 Å². The van der Waals surface area contributed by atoms with E-state index >= 15 is 0 Å². The minimum absolute atomic E-state index is 0.116. The molecule has 0 unspecified atom stereocenters. The molecule has 19 nitrogen and oxygen atoms in total. The fourth-order valence-corrected chi connectivity index (χ4v) is 5.60. The molecule has 0 aromatic rings. The van der Waals surface area contributed by atoms with Crippen LogP contribution < -0.4 is 37.6 Å². The SMILES string of the molecule is CC(C)C[C@@H]1NC(=O)[C@H](CO)NC(=O)[C@H](CS)NC(=O)[C@H](CO)NC(=O)[C@H]([C@@H](C)O)NC(=O)[C@H](CCC(N)=O)NC(=O)[C@H]2CCCN2C1=O. The lowest BCUT2D eigenvalue weighted by atomic mass is 10.0. The van der Waals surface area contributed by atoms with Crippen molar-refractivity contribution in [2.24, 2.45) is 11.7 Å². The van der Waals surface area contributed by atoms with Crippen LogP contribution in [0.2, 0.25) is 0 Å². The van der Waals surface area contributed by atoms with Crippen LogP contribution in [0.5, 0.6) is 0 Å². The van der Waals surface area contributed by atoms with Crippen molar-refractivity contribution in [1.82, 2.24) is 36.8 Å². The van der Waals surface area contributed by atoms with Crippen molar-refractivity contribution in [2.75, 3.05) is 25.5 Å². The van der Waals surface area contributed by atoms with Gasteiger partial charge in [-0.3, -0.25) is 38.4 Å². The molecule has 8 atom stereocenters. The summed E-state index contributed by atoms with van der Waals surface area (Å²) in [5, 5.41) is 44.2. The van der Waals surface area contributed by atoms with Crippen LogP contribution in [-0.4, -0.2) is 141 Å². The molecule has 11 N–H and O–H groups in total. The van der Waals surface area contributed by atoms with E-state index in [9.17, 15) is 53.7 Å². The maximum absolute atomic E-state index is 13.8. The Morgan fingerprint density at radius 1 is 0.776 bits per heavy atom. The molecular weight excluding hydrogens is 668 g/mol. The van der Waals surface area contributed by atoms with Gasteiger partial charge in [0.2, 0.25) is 47.3 Å². The van der Waals surface area contributed by atoms with E-state index in [4.69, 9.17) is 5.73 Å². The Kier molecular flexibility index (Phi) is 16.2. The first-order chi connectivity index (χ1) is 23.0. The molecule has 2 aliphatic heterocycles. The van der Waals surface area contributed by atoms with Crippen molar-refractivity contribution in [2.45, 2.75) is 101 Å². The lowest BCUT2D eigenvalue weighted by Crippen LogP contribution is -2.62. The molecular formula is C29H48N8O11S. The van der Waals surface area contributed by atoms with Crippen molar-refractivity contribution >= 4 is 59.9 Å². The fourth-order valence-electron chi connectivity index (χ4n) is 5.34. The van der Waals surface area contributed by atoms with Crippen LogP contribution in [0.4, 0.5) is 0 Å². The average Bonchev–Trinajstić information content (AvgIpc) is 3.53. The lowest BCUT2D eigenvalue weighted by molar-refractivity contribution is -0.143. The molecule has 0 aromatic heterocycles. The third kappa shape index (κ3) is 11.8. The van der Waals surface area contributed by atoms with E-state index in [0.717, 1.165) is 6.92 Å². The topological polar surface area (TPSA) is 299 Å². The van der Waals surface area contributed by atoms with Crippen LogP contribution in [0.3, 0.4) is 0 Å². The van der Waals surface area contributed by atoms with Gasteiger partial charge in [0.15, 0.2) is 0 Å². The highest BCUT2D eigenvalue weighted by Gasteiger charge is 2.41. The van der Waals surface area contributed by atoms with Gasteiger partial charge < -0.3 is 57.9 Å². The van der Waals surface area contributed by atoms with Gasteiger partial charge in [-0.15, -0.1) is 0 Å². The number of nitrogens with one attached hydrogen (secondary N) is 6. The molecule has 2 saturated heterocycles. The van der Waals surface area contributed by atoms with Crippen LogP contribution in [0.25, 0.3) is 0 Å². The number of aliphatic hydroxyl groups is 3. The van der Waals surface area contributed by atoms with E-state index in [1.807, 2.05) is 0 Å². The molecule has 0 aliphatic carbocycles. The predicted octanol–water partition coefficient (Wildman–Crippen LogP) is -5.49. The lowest BCUT2D eigenvalue weighted by Gasteiger charge is -2.31. The van der Waals surface area contributed by atoms with Crippen molar-refractivity contribution in [3.05, 3.63) is 0 Å². The second kappa shape index (κ2) is 19.2. The molecule has 8 amide bonds. The number of carbonyl (C=O) groups is 8. The number of hydrogen-bond donors (Lipinski definition) is 11. The minimum Gasteiger partial charge on any atom is -0.394 e. The smallest absolute Gasteiger partial charge is 0.245 e. The zero-order valence-corrected chi connectivity index (χ0v) is 28.5. The van der Waals surface area contributed by atoms with E-state index < -0.39 is 109 Å². The largest absolute Gasteiger partial charge is 0.394 e. The maximum Gasteiger partial charge on any atom is 0.245 e. The molecule has 2 heterocycles. The highest BCUT2D eigenvalue weighted by Crippen LogP contribution is 2.21. The summed E-state index contributed by atoms with van der Waals surface area (Å²) in [5.41, 5.74) is 5.27. The van der Waals surface area contributed by atoms with Gasteiger partial charge in [-0.1, -0.05) is 13.8 Å². The number of thiol groups is 1. The number of aliphatic hydroxyl groups excluding tert-OH is 3. The molecule has 0 saturated carbocycles. The molecule has 0 spiro atoms. The number of fused-ring (bicyclic) bond motifs is 1. The number of carbonyl (C=O) groups excluding carboxylic acids is 8. The number of rotatable bonds is 9. The van der Waals surface area contributed by atoms with E-state index in [1.54, 1.807) is 13.8 Å². The standard InChI is InChI=1S/C29H48N8O11S/c1-13(2)9-16-29(48)37-8-4-5-20(37)27(46)31-15(6-7-21(30)41)23(42)36-22(14(3)40)28(47)34-18(11-39)25(44)35-19(12-49)26(45)33-17(10-38)24(43)32-16/h13-20,22,38-40,49H,4-12H2,1-3H3,(H2,30,41)(H,31,46)(H,32,43)(H,33,45)(H,34,47)(H,35,44)(H,36,42)/t14-,15+,16+,17+,18+,19+,20-,22+/m1/s1. The van der Waals surface area contributed by atoms with E-state index in [2.05, 4.69) is 44.5 Å². The second-order valence-electron chi connectivity index (χ2n) is 12.4. The molecule has 49 heavy (non-hydrogen) atoms. The first-order valence-corrected chi connectivity index (χ1v) is 16.6. The summed E-state index contributed by atoms with van der Waals surface area (Å²) in [6.45, 7) is 2.98. The average molecular weight is 717 g/mol. The first-order valence-electron chi connectivity index (χ1n) is 16.0. The van der Waals surface area contributed by atoms with Gasteiger partial charge in [0.05, 0.1) is 19.3 Å². The number of nitrogens with zero attached hydrogens (tertiary/aromatic N) is 1. The predicted molar refractivity (Wildman–Crippen MR) is 174 cm³/mol. The van der Waals surface area contributed by atoms with E-state index in [1.165, 1.54) is 4.90 Å². The highest BCUT2D eigenvalue weighted by atomic mass is 32.1. The molecule has 0 aromatic carbocycles. The highest BCUT2D eigenvalue weighted by molar-refractivity contribution is 7.80. The van der Waals surface area contributed by atoms with Crippen LogP contribution in [-0.2, 0) is 38.4 Å². The molecule has 276 valence electrons. The minimum atomic E-state index is -1.73. The summed E-state index contributed by atoms with van der Waals surface area (Å²) in [6.07, 6.45) is -1.55. The molecule has 2 fully saturated rings. The second-order valence-corrected chi connectivity index (χ2v) is 12.8. The number of primary amides is 1. The van der Waals surface area contributed by atoms with Crippen molar-refractivity contribution in [3.63, 3.8) is 0 Å². The van der Waals surface area contributed by atoms with Gasteiger partial charge in [0, 0.05) is 18.7 Å². The Bertz CT molecular complexity index is 1250. The van der Waals surface area contributed by atoms with Crippen molar-refractivity contribution < 1.29 is 53.7 Å². The third-order valence-electron chi connectivity index (χ3n) is 7.98. The summed E-state index contributed by atoms with van der Waals surface area (Å²) in [7, 11) is 0. The monoisotopic (exact) mass is 716 g/mol. The first kappa shape index (κ1) is 41.2. The molecule has 0 bridgehead atoms. The van der Waals surface area contributed by atoms with E-state index in [-0.39, 0.29) is 43.9 Å². The normalized spacial score (nSPS) is 29.0. The molecule has 2 rings (SSSR count). The van der Waals surface area contributed by atoms with Crippen molar-refractivity contribution in [1.29, 1.82) is 0 Å². The summed E-state index contributed by atoms with van der Waals surface area (Å²) in [4.78, 5) is 106. The van der Waals surface area contributed by atoms with Gasteiger partial charge in [-0.2, -0.15) is 12.6 Å². The summed E-state index contributed by atoms with van der Waals surface area (Å²) in [6, 6.07) is -10.2. The molecule has 0 radical (unpaired) electrons. The zero-order chi connectivity index (χ0) is 37.0. The molecule has 20 heteroatoms. The van der Waals surface area contributed by atoms with Gasteiger partial charge in [-0.25, -0.2) is 0 Å². The fraction of sp³-hybridized carbons (Fsp3) is 0.724. The summed E-state index contributed by atoms with van der Waals surface area (Å²) in [5.74, 6) is -7.78. The van der Waals surface area contributed by atoms with Crippen LogP contribution in [0.1, 0.15) is 52.9 Å². The van der Waals surface area contributed by atoms with Gasteiger partial charge in [0.1, 0.15) is 42.3 Å².